The quantitative estimate of drug-likeness (QED) is 0.674. The van der Waals surface area contributed by atoms with Crippen molar-refractivity contribution in [1.82, 2.24) is 20.2 Å². The first kappa shape index (κ1) is 13.9. The summed E-state index contributed by atoms with van der Waals surface area (Å²) in [6.45, 7) is -0.128. The number of nitrogens with one attached hydrogen (secondary N) is 2. The number of anilines is 2. The van der Waals surface area contributed by atoms with E-state index in [1.54, 1.807) is 6.20 Å². The molecule has 1 aromatic carbocycles. The number of aromatic amines is 1. The number of hydrogen-bond donors (Lipinski definition) is 3. The smallest absolute Gasteiger partial charge is 0.161 e. The Morgan fingerprint density at radius 3 is 2.78 bits per heavy atom. The molecule has 0 amide bonds. The fraction of sp³-hybridized carbons (Fsp3) is 0.235. The Hall–Kier alpha value is -2.73. The van der Waals surface area contributed by atoms with Gasteiger partial charge in [0, 0.05) is 35.0 Å². The number of H-pyrrole nitrogens is 1. The molecule has 1 fully saturated rings. The normalized spacial score (nSPS) is 14.0. The van der Waals surface area contributed by atoms with Gasteiger partial charge in [0.05, 0.1) is 6.61 Å². The molecular formula is C17H17N5O. The third-order valence-electron chi connectivity index (χ3n) is 3.93. The highest BCUT2D eigenvalue weighted by atomic mass is 16.3. The standard InChI is InChI=1S/C17H17N5O/c23-10-13-9-18-16(12-4-2-1-3-5-12)20-17(13)19-15-8-14(21-22-15)11-6-7-11/h1-5,8-9,11,23H,6-7,10H2,(H2,18,19,20,21,22). The van der Waals surface area contributed by atoms with Crippen LogP contribution in [0.25, 0.3) is 11.4 Å². The number of hydrogen-bond acceptors (Lipinski definition) is 5. The van der Waals surface area contributed by atoms with E-state index < -0.39 is 0 Å². The van der Waals surface area contributed by atoms with Gasteiger partial charge in [-0.1, -0.05) is 30.3 Å². The predicted octanol–water partition coefficient (Wildman–Crippen LogP) is 2.98. The van der Waals surface area contributed by atoms with Crippen molar-refractivity contribution >= 4 is 11.6 Å². The zero-order valence-electron chi connectivity index (χ0n) is 12.5. The number of aromatic nitrogens is 4. The van der Waals surface area contributed by atoms with Crippen molar-refractivity contribution in [3.05, 3.63) is 53.9 Å². The molecule has 3 aromatic rings. The summed E-state index contributed by atoms with van der Waals surface area (Å²) >= 11 is 0. The molecule has 0 bridgehead atoms. The Morgan fingerprint density at radius 2 is 2.04 bits per heavy atom. The molecule has 4 rings (SSSR count). The number of rotatable bonds is 5. The van der Waals surface area contributed by atoms with Crippen LogP contribution in [0.4, 0.5) is 11.6 Å². The van der Waals surface area contributed by atoms with Crippen LogP contribution in [0.1, 0.15) is 30.0 Å². The van der Waals surface area contributed by atoms with E-state index in [2.05, 4.69) is 25.5 Å². The van der Waals surface area contributed by atoms with Crippen LogP contribution < -0.4 is 5.32 Å². The van der Waals surface area contributed by atoms with E-state index >= 15 is 0 Å². The summed E-state index contributed by atoms with van der Waals surface area (Å²) in [5, 5.41) is 20.0. The van der Waals surface area contributed by atoms with Gasteiger partial charge in [-0.05, 0) is 12.8 Å². The van der Waals surface area contributed by atoms with Gasteiger partial charge in [0.2, 0.25) is 0 Å². The average Bonchev–Trinajstić information content (AvgIpc) is 3.35. The third kappa shape index (κ3) is 2.93. The van der Waals surface area contributed by atoms with E-state index in [1.807, 2.05) is 36.4 Å². The minimum absolute atomic E-state index is 0.128. The van der Waals surface area contributed by atoms with E-state index in [-0.39, 0.29) is 6.61 Å². The van der Waals surface area contributed by atoms with Gasteiger partial charge >= 0.3 is 0 Å². The van der Waals surface area contributed by atoms with Crippen molar-refractivity contribution in [3.8, 4) is 11.4 Å². The van der Waals surface area contributed by atoms with E-state index in [1.165, 1.54) is 12.8 Å². The number of aliphatic hydroxyl groups excluding tert-OH is 1. The summed E-state index contributed by atoms with van der Waals surface area (Å²) in [5.41, 5.74) is 2.72. The van der Waals surface area contributed by atoms with Gasteiger partial charge in [0.15, 0.2) is 11.6 Å². The fourth-order valence-corrected chi connectivity index (χ4v) is 2.48. The second-order valence-corrected chi connectivity index (χ2v) is 5.70. The van der Waals surface area contributed by atoms with Crippen LogP contribution in [0.5, 0.6) is 0 Å². The second-order valence-electron chi connectivity index (χ2n) is 5.70. The lowest BCUT2D eigenvalue weighted by Crippen LogP contribution is -2.02. The molecule has 6 heteroatoms. The molecule has 0 unspecified atom stereocenters. The summed E-state index contributed by atoms with van der Waals surface area (Å²) in [4.78, 5) is 8.87. The number of benzene rings is 1. The van der Waals surface area contributed by atoms with Crippen molar-refractivity contribution in [2.45, 2.75) is 25.4 Å². The summed E-state index contributed by atoms with van der Waals surface area (Å²) in [6.07, 6.45) is 4.08. The second kappa shape index (κ2) is 5.81. The molecular weight excluding hydrogens is 290 g/mol. The Bertz CT molecular complexity index is 811. The van der Waals surface area contributed by atoms with Crippen LogP contribution in [0.3, 0.4) is 0 Å². The molecule has 2 aromatic heterocycles. The molecule has 6 nitrogen and oxygen atoms in total. The lowest BCUT2D eigenvalue weighted by atomic mass is 10.2. The monoisotopic (exact) mass is 307 g/mol. The molecule has 116 valence electrons. The zero-order chi connectivity index (χ0) is 15.6. The summed E-state index contributed by atoms with van der Waals surface area (Å²) < 4.78 is 0. The van der Waals surface area contributed by atoms with E-state index in [0.29, 0.717) is 28.9 Å². The van der Waals surface area contributed by atoms with Crippen molar-refractivity contribution in [2.75, 3.05) is 5.32 Å². The van der Waals surface area contributed by atoms with Gasteiger partial charge in [-0.25, -0.2) is 9.97 Å². The molecule has 0 radical (unpaired) electrons. The topological polar surface area (TPSA) is 86.7 Å². The average molecular weight is 307 g/mol. The third-order valence-corrected chi connectivity index (χ3v) is 3.93. The van der Waals surface area contributed by atoms with Gasteiger partial charge in [-0.2, -0.15) is 5.10 Å². The molecule has 2 heterocycles. The number of aliphatic hydroxyl groups is 1. The molecule has 0 aliphatic heterocycles. The molecule has 0 saturated heterocycles. The van der Waals surface area contributed by atoms with Crippen LogP contribution in [-0.2, 0) is 6.61 Å². The molecule has 0 atom stereocenters. The van der Waals surface area contributed by atoms with Crippen LogP contribution in [-0.4, -0.2) is 25.3 Å². The fourth-order valence-electron chi connectivity index (χ4n) is 2.48. The van der Waals surface area contributed by atoms with Crippen molar-refractivity contribution < 1.29 is 5.11 Å². The zero-order valence-corrected chi connectivity index (χ0v) is 12.5. The highest BCUT2D eigenvalue weighted by Crippen LogP contribution is 2.39. The Morgan fingerprint density at radius 1 is 1.22 bits per heavy atom. The van der Waals surface area contributed by atoms with Gasteiger partial charge in [0.1, 0.15) is 5.82 Å². The summed E-state index contributed by atoms with van der Waals surface area (Å²) in [6, 6.07) is 11.8. The van der Waals surface area contributed by atoms with Crippen molar-refractivity contribution in [3.63, 3.8) is 0 Å². The first-order chi connectivity index (χ1) is 11.3. The number of nitrogens with zero attached hydrogens (tertiary/aromatic N) is 3. The molecule has 1 aliphatic rings. The van der Waals surface area contributed by atoms with Crippen LogP contribution in [0.15, 0.2) is 42.6 Å². The summed E-state index contributed by atoms with van der Waals surface area (Å²) in [7, 11) is 0. The maximum Gasteiger partial charge on any atom is 0.161 e. The van der Waals surface area contributed by atoms with E-state index in [4.69, 9.17) is 0 Å². The predicted molar refractivity (Wildman–Crippen MR) is 87.2 cm³/mol. The highest BCUT2D eigenvalue weighted by Gasteiger charge is 2.25. The van der Waals surface area contributed by atoms with E-state index in [9.17, 15) is 5.11 Å². The van der Waals surface area contributed by atoms with Crippen LogP contribution in [0.2, 0.25) is 0 Å². The molecule has 1 saturated carbocycles. The Labute approximate surface area is 133 Å². The Balaban J connectivity index is 1.65. The molecule has 3 N–H and O–H groups in total. The maximum absolute atomic E-state index is 9.51. The minimum Gasteiger partial charge on any atom is -0.391 e. The molecule has 23 heavy (non-hydrogen) atoms. The van der Waals surface area contributed by atoms with E-state index in [0.717, 1.165) is 11.3 Å². The molecule has 1 aliphatic carbocycles. The van der Waals surface area contributed by atoms with Crippen molar-refractivity contribution in [1.29, 1.82) is 0 Å². The van der Waals surface area contributed by atoms with Gasteiger partial charge < -0.3 is 10.4 Å². The molecule has 0 spiro atoms. The van der Waals surface area contributed by atoms with Gasteiger partial charge in [0.25, 0.3) is 0 Å². The summed E-state index contributed by atoms with van der Waals surface area (Å²) in [5.74, 6) is 2.51. The van der Waals surface area contributed by atoms with Gasteiger partial charge in [-0.15, -0.1) is 0 Å². The van der Waals surface area contributed by atoms with Crippen molar-refractivity contribution in [2.24, 2.45) is 0 Å². The lowest BCUT2D eigenvalue weighted by molar-refractivity contribution is 0.281. The first-order valence-electron chi connectivity index (χ1n) is 7.68. The maximum atomic E-state index is 9.51. The Kier molecular flexibility index (Phi) is 3.51. The lowest BCUT2D eigenvalue weighted by Gasteiger charge is -2.09. The highest BCUT2D eigenvalue weighted by molar-refractivity contribution is 5.62. The van der Waals surface area contributed by atoms with Crippen LogP contribution >= 0.6 is 0 Å². The SMILES string of the molecule is OCc1cnc(-c2ccccc2)nc1Nc1cc(C2CC2)[nH]n1. The first-order valence-corrected chi connectivity index (χ1v) is 7.68. The largest absolute Gasteiger partial charge is 0.391 e. The van der Waals surface area contributed by atoms with Crippen LogP contribution in [0, 0.1) is 0 Å². The minimum atomic E-state index is -0.128. The van der Waals surface area contributed by atoms with Gasteiger partial charge in [-0.3, -0.25) is 5.10 Å².